The second-order valence-electron chi connectivity index (χ2n) is 6.81. The molecule has 1 aromatic heterocycles. The summed E-state index contributed by atoms with van der Waals surface area (Å²) >= 11 is 1.71. The zero-order chi connectivity index (χ0) is 19.7. The van der Waals surface area contributed by atoms with E-state index in [9.17, 15) is 8.42 Å². The summed E-state index contributed by atoms with van der Waals surface area (Å²) < 4.78 is 33.7. The van der Waals surface area contributed by atoms with E-state index >= 15 is 0 Å². The topological polar surface area (TPSA) is 62.7 Å². The number of para-hydroxylation sites is 1. The normalized spacial score (nSPS) is 17.6. The maximum absolute atomic E-state index is 12.9. The quantitative estimate of drug-likeness (QED) is 0.637. The zero-order valence-corrected chi connectivity index (χ0v) is 17.5. The van der Waals surface area contributed by atoms with E-state index < -0.39 is 10.0 Å². The third-order valence-electron chi connectivity index (χ3n) is 5.19. The van der Waals surface area contributed by atoms with Gasteiger partial charge >= 0.3 is 0 Å². The summed E-state index contributed by atoms with van der Waals surface area (Å²) in [5, 5.41) is 1.08. The number of rotatable bonds is 5. The first-order valence-corrected chi connectivity index (χ1v) is 11.5. The van der Waals surface area contributed by atoms with E-state index in [1.165, 1.54) is 4.70 Å². The lowest BCUT2D eigenvalue weighted by Crippen LogP contribution is -2.49. The molecule has 1 aliphatic rings. The molecule has 6 nitrogen and oxygen atoms in total. The van der Waals surface area contributed by atoms with E-state index in [-0.39, 0.29) is 6.04 Å². The highest BCUT2D eigenvalue weighted by Gasteiger charge is 2.31. The average molecular weight is 418 g/mol. The monoisotopic (exact) mass is 417 g/mol. The van der Waals surface area contributed by atoms with E-state index in [1.54, 1.807) is 47.0 Å². The number of hydrogen-bond donors (Lipinski definition) is 0. The van der Waals surface area contributed by atoms with Crippen LogP contribution in [0, 0.1) is 0 Å². The van der Waals surface area contributed by atoms with Gasteiger partial charge in [0.05, 0.1) is 28.3 Å². The van der Waals surface area contributed by atoms with Crippen molar-refractivity contribution in [2.24, 2.45) is 0 Å². The van der Waals surface area contributed by atoms with E-state index in [4.69, 9.17) is 9.72 Å². The minimum Gasteiger partial charge on any atom is -0.497 e. The molecule has 148 valence electrons. The first-order valence-electron chi connectivity index (χ1n) is 9.23. The molecule has 0 spiro atoms. The fourth-order valence-electron chi connectivity index (χ4n) is 3.45. The Kier molecular flexibility index (Phi) is 5.37. The summed E-state index contributed by atoms with van der Waals surface area (Å²) in [6.07, 6.45) is 0. The van der Waals surface area contributed by atoms with Crippen molar-refractivity contribution in [1.29, 1.82) is 0 Å². The van der Waals surface area contributed by atoms with Crippen LogP contribution in [0.3, 0.4) is 0 Å². The summed E-state index contributed by atoms with van der Waals surface area (Å²) in [7, 11) is -1.92. The van der Waals surface area contributed by atoms with Crippen molar-refractivity contribution in [3.05, 3.63) is 53.5 Å². The largest absolute Gasteiger partial charge is 0.497 e. The van der Waals surface area contributed by atoms with Gasteiger partial charge in [0.2, 0.25) is 10.0 Å². The van der Waals surface area contributed by atoms with Crippen LogP contribution in [0.4, 0.5) is 0 Å². The molecule has 1 atom stereocenters. The molecule has 1 saturated heterocycles. The molecule has 2 heterocycles. The summed E-state index contributed by atoms with van der Waals surface area (Å²) in [6.45, 7) is 4.47. The maximum atomic E-state index is 12.9. The minimum atomic E-state index is -3.48. The number of thiazole rings is 1. The number of nitrogens with zero attached hydrogens (tertiary/aromatic N) is 3. The van der Waals surface area contributed by atoms with Crippen molar-refractivity contribution in [1.82, 2.24) is 14.2 Å². The molecular formula is C20H23N3O3S2. The van der Waals surface area contributed by atoms with Gasteiger partial charge in [-0.1, -0.05) is 12.1 Å². The van der Waals surface area contributed by atoms with Crippen molar-refractivity contribution < 1.29 is 13.2 Å². The standard InChI is InChI=1S/C20H23N3O3S2/c1-15(20-21-18-5-3-4-6-19(18)27-20)22-11-13-23(14-12-22)28(24,25)17-9-7-16(26-2)8-10-17/h3-10,15H,11-14H2,1-2H3. The Labute approximate surface area is 169 Å². The Morgan fingerprint density at radius 1 is 1.04 bits per heavy atom. The third-order valence-corrected chi connectivity index (χ3v) is 8.31. The van der Waals surface area contributed by atoms with E-state index in [1.807, 2.05) is 18.2 Å². The number of hydrogen-bond acceptors (Lipinski definition) is 6. The Hall–Kier alpha value is -2.00. The summed E-state index contributed by atoms with van der Waals surface area (Å²) in [5.74, 6) is 0.647. The van der Waals surface area contributed by atoms with Crippen LogP contribution < -0.4 is 4.74 Å². The third kappa shape index (κ3) is 3.65. The predicted octanol–water partition coefficient (Wildman–Crippen LogP) is 3.37. The Morgan fingerprint density at radius 3 is 2.36 bits per heavy atom. The summed E-state index contributed by atoms with van der Waals surface area (Å²) in [6, 6.07) is 14.9. The van der Waals surface area contributed by atoms with E-state index in [0.29, 0.717) is 36.8 Å². The van der Waals surface area contributed by atoms with Gasteiger partial charge in [0.15, 0.2) is 0 Å². The molecule has 4 rings (SSSR count). The maximum Gasteiger partial charge on any atom is 0.243 e. The van der Waals surface area contributed by atoms with Crippen LogP contribution in [0.15, 0.2) is 53.4 Å². The molecular weight excluding hydrogens is 394 g/mol. The molecule has 0 bridgehead atoms. The molecule has 8 heteroatoms. The molecule has 1 unspecified atom stereocenters. The van der Waals surface area contributed by atoms with Gasteiger partial charge in [0.1, 0.15) is 10.8 Å². The predicted molar refractivity (Wildman–Crippen MR) is 111 cm³/mol. The lowest BCUT2D eigenvalue weighted by atomic mass is 10.2. The summed E-state index contributed by atoms with van der Waals surface area (Å²) in [4.78, 5) is 7.36. The van der Waals surface area contributed by atoms with Crippen molar-refractivity contribution >= 4 is 31.6 Å². The number of fused-ring (bicyclic) bond motifs is 1. The molecule has 3 aromatic rings. The molecule has 1 fully saturated rings. The first kappa shape index (κ1) is 19.3. The van der Waals surface area contributed by atoms with Gasteiger partial charge in [-0.3, -0.25) is 4.90 Å². The van der Waals surface area contributed by atoms with Gasteiger partial charge < -0.3 is 4.74 Å². The van der Waals surface area contributed by atoms with Crippen LogP contribution in [-0.2, 0) is 10.0 Å². The fraction of sp³-hybridized carbons (Fsp3) is 0.350. The van der Waals surface area contributed by atoms with E-state index in [0.717, 1.165) is 10.5 Å². The van der Waals surface area contributed by atoms with Crippen LogP contribution in [0.25, 0.3) is 10.2 Å². The Morgan fingerprint density at radius 2 is 1.71 bits per heavy atom. The molecule has 0 amide bonds. The van der Waals surface area contributed by atoms with E-state index in [2.05, 4.69) is 17.9 Å². The lowest BCUT2D eigenvalue weighted by molar-refractivity contribution is 0.146. The molecule has 2 aromatic carbocycles. The number of benzene rings is 2. The number of piperazine rings is 1. The molecule has 1 aliphatic heterocycles. The van der Waals surface area contributed by atoms with Crippen LogP contribution in [0.1, 0.15) is 18.0 Å². The lowest BCUT2D eigenvalue weighted by Gasteiger charge is -2.36. The van der Waals surface area contributed by atoms with Gasteiger partial charge in [-0.25, -0.2) is 13.4 Å². The van der Waals surface area contributed by atoms with Crippen molar-refractivity contribution in [2.75, 3.05) is 33.3 Å². The average Bonchev–Trinajstić information content (AvgIpc) is 3.17. The highest BCUT2D eigenvalue weighted by Crippen LogP contribution is 2.30. The first-order chi connectivity index (χ1) is 13.5. The van der Waals surface area contributed by atoms with Crippen molar-refractivity contribution in [3.63, 3.8) is 0 Å². The molecule has 0 aliphatic carbocycles. The fourth-order valence-corrected chi connectivity index (χ4v) is 5.93. The van der Waals surface area contributed by atoms with Crippen LogP contribution >= 0.6 is 11.3 Å². The van der Waals surface area contributed by atoms with Crippen LogP contribution in [-0.4, -0.2) is 55.9 Å². The molecule has 0 N–H and O–H groups in total. The minimum absolute atomic E-state index is 0.170. The van der Waals surface area contributed by atoms with Gasteiger partial charge in [-0.15, -0.1) is 11.3 Å². The number of sulfonamides is 1. The SMILES string of the molecule is COc1ccc(S(=O)(=O)N2CCN(C(C)c3nc4ccccc4s3)CC2)cc1. The highest BCUT2D eigenvalue weighted by atomic mass is 32.2. The van der Waals surface area contributed by atoms with Crippen molar-refractivity contribution in [2.45, 2.75) is 17.9 Å². The second-order valence-corrected chi connectivity index (χ2v) is 9.81. The number of ether oxygens (including phenoxy) is 1. The second kappa shape index (κ2) is 7.79. The highest BCUT2D eigenvalue weighted by molar-refractivity contribution is 7.89. The summed E-state index contributed by atoms with van der Waals surface area (Å²) in [5.41, 5.74) is 1.02. The smallest absolute Gasteiger partial charge is 0.243 e. The van der Waals surface area contributed by atoms with Crippen LogP contribution in [0.2, 0.25) is 0 Å². The van der Waals surface area contributed by atoms with Gasteiger partial charge in [-0.2, -0.15) is 4.31 Å². The molecule has 0 saturated carbocycles. The number of methoxy groups -OCH3 is 1. The Bertz CT molecular complexity index is 1020. The van der Waals surface area contributed by atoms with Gasteiger partial charge in [0, 0.05) is 26.2 Å². The Balaban J connectivity index is 1.44. The molecule has 0 radical (unpaired) electrons. The van der Waals surface area contributed by atoms with Crippen molar-refractivity contribution in [3.8, 4) is 5.75 Å². The van der Waals surface area contributed by atoms with Gasteiger partial charge in [0.25, 0.3) is 0 Å². The zero-order valence-electron chi connectivity index (χ0n) is 15.9. The van der Waals surface area contributed by atoms with Gasteiger partial charge in [-0.05, 0) is 43.3 Å². The van der Waals surface area contributed by atoms with Crippen LogP contribution in [0.5, 0.6) is 5.75 Å². The number of aromatic nitrogens is 1. The molecule has 28 heavy (non-hydrogen) atoms.